The Morgan fingerprint density at radius 3 is 2.24 bits per heavy atom. The van der Waals surface area contributed by atoms with Gasteiger partial charge in [-0.1, -0.05) is 66.2 Å². The summed E-state index contributed by atoms with van der Waals surface area (Å²) in [4.78, 5) is 0. The molecule has 0 radical (unpaired) electrons. The van der Waals surface area contributed by atoms with Gasteiger partial charge in [-0.2, -0.15) is 0 Å². The van der Waals surface area contributed by atoms with Crippen LogP contribution in [0.15, 0.2) is 72.8 Å². The number of aromatic hydroxyl groups is 1. The van der Waals surface area contributed by atoms with Gasteiger partial charge in [-0.05, 0) is 35.7 Å². The van der Waals surface area contributed by atoms with Gasteiger partial charge in [-0.25, -0.2) is 0 Å². The summed E-state index contributed by atoms with van der Waals surface area (Å²) in [6.45, 7) is 2.74. The summed E-state index contributed by atoms with van der Waals surface area (Å²) in [6, 6.07) is 24.5. The Morgan fingerprint density at radius 2 is 1.60 bits per heavy atom. The van der Waals surface area contributed by atoms with Crippen LogP contribution in [0.2, 0.25) is 0 Å². The summed E-state index contributed by atoms with van der Waals surface area (Å²) in [5.41, 5.74) is 4.68. The molecule has 3 aromatic carbocycles. The molecule has 3 rings (SSSR count). The zero-order valence-electron chi connectivity index (χ0n) is 14.6. The van der Waals surface area contributed by atoms with Crippen LogP contribution in [-0.2, 0) is 6.54 Å². The van der Waals surface area contributed by atoms with E-state index in [0.717, 1.165) is 5.56 Å². The summed E-state index contributed by atoms with van der Waals surface area (Å²) in [5.74, 6) is 0.648. The number of hydrogen-bond donors (Lipinski definition) is 2. The Hall–Kier alpha value is -2.78. The third-order valence-corrected chi connectivity index (χ3v) is 4.30. The standard InChI is InChI=1S/C22H23NO2/c1-16-8-11-19(12-9-16)22(18-6-4-3-5-7-18)23-15-17-10-13-21(25-2)20(24)14-17/h3-14,22-24H,15H2,1-2H3/t22-/m1/s1. The Kier molecular flexibility index (Phi) is 5.36. The third-order valence-electron chi connectivity index (χ3n) is 4.30. The zero-order valence-corrected chi connectivity index (χ0v) is 14.6. The number of ether oxygens (including phenoxy) is 1. The normalized spacial score (nSPS) is 11.9. The number of hydrogen-bond acceptors (Lipinski definition) is 3. The lowest BCUT2D eigenvalue weighted by atomic mass is 9.97. The second-order valence-electron chi connectivity index (χ2n) is 6.14. The van der Waals surface area contributed by atoms with Crippen molar-refractivity contribution in [3.05, 3.63) is 95.1 Å². The monoisotopic (exact) mass is 333 g/mol. The average Bonchev–Trinajstić information content (AvgIpc) is 2.64. The van der Waals surface area contributed by atoms with E-state index < -0.39 is 0 Å². The van der Waals surface area contributed by atoms with E-state index in [0.29, 0.717) is 12.3 Å². The Morgan fingerprint density at radius 1 is 0.920 bits per heavy atom. The van der Waals surface area contributed by atoms with Crippen LogP contribution < -0.4 is 10.1 Å². The molecule has 2 N–H and O–H groups in total. The predicted molar refractivity (Wildman–Crippen MR) is 101 cm³/mol. The van der Waals surface area contributed by atoms with Crippen molar-refractivity contribution >= 4 is 0 Å². The van der Waals surface area contributed by atoms with E-state index in [1.807, 2.05) is 12.1 Å². The van der Waals surface area contributed by atoms with Crippen molar-refractivity contribution in [3.8, 4) is 11.5 Å². The van der Waals surface area contributed by atoms with Crippen LogP contribution >= 0.6 is 0 Å². The molecule has 0 aliphatic carbocycles. The highest BCUT2D eigenvalue weighted by atomic mass is 16.5. The summed E-state index contributed by atoms with van der Waals surface area (Å²) < 4.78 is 5.10. The Bertz CT molecular complexity index is 813. The molecule has 0 unspecified atom stereocenters. The van der Waals surface area contributed by atoms with Gasteiger partial charge in [0.05, 0.1) is 13.2 Å². The first kappa shape index (κ1) is 17.1. The van der Waals surface area contributed by atoms with Gasteiger partial charge in [-0.3, -0.25) is 0 Å². The molecule has 128 valence electrons. The summed E-state index contributed by atoms with van der Waals surface area (Å²) in [7, 11) is 1.55. The highest BCUT2D eigenvalue weighted by molar-refractivity contribution is 5.42. The van der Waals surface area contributed by atoms with Gasteiger partial charge in [0.15, 0.2) is 11.5 Å². The Balaban J connectivity index is 1.83. The molecule has 1 atom stereocenters. The first-order valence-electron chi connectivity index (χ1n) is 8.38. The molecule has 0 heterocycles. The van der Waals surface area contributed by atoms with E-state index in [2.05, 4.69) is 60.8 Å². The molecule has 0 fully saturated rings. The number of rotatable bonds is 6. The number of phenols is 1. The third kappa shape index (κ3) is 4.20. The van der Waals surface area contributed by atoms with Crippen LogP contribution in [0, 0.1) is 6.92 Å². The molecular formula is C22H23NO2. The van der Waals surface area contributed by atoms with Crippen molar-refractivity contribution < 1.29 is 9.84 Å². The van der Waals surface area contributed by atoms with Crippen molar-refractivity contribution in [3.63, 3.8) is 0 Å². The quantitative estimate of drug-likeness (QED) is 0.693. The van der Waals surface area contributed by atoms with Crippen LogP contribution in [-0.4, -0.2) is 12.2 Å². The van der Waals surface area contributed by atoms with Gasteiger partial charge < -0.3 is 15.2 Å². The maximum Gasteiger partial charge on any atom is 0.160 e. The molecule has 0 amide bonds. The highest BCUT2D eigenvalue weighted by Gasteiger charge is 2.13. The van der Waals surface area contributed by atoms with Crippen molar-refractivity contribution in [1.82, 2.24) is 5.32 Å². The molecule has 3 nitrogen and oxygen atoms in total. The number of benzene rings is 3. The first-order valence-corrected chi connectivity index (χ1v) is 8.38. The van der Waals surface area contributed by atoms with E-state index in [9.17, 15) is 5.11 Å². The van der Waals surface area contributed by atoms with Crippen LogP contribution in [0.3, 0.4) is 0 Å². The molecule has 0 aromatic heterocycles. The topological polar surface area (TPSA) is 41.5 Å². The van der Waals surface area contributed by atoms with E-state index in [4.69, 9.17) is 4.74 Å². The second kappa shape index (κ2) is 7.86. The second-order valence-corrected chi connectivity index (χ2v) is 6.14. The van der Waals surface area contributed by atoms with Gasteiger partial charge in [-0.15, -0.1) is 0 Å². The lowest BCUT2D eigenvalue weighted by Gasteiger charge is -2.20. The fourth-order valence-electron chi connectivity index (χ4n) is 2.90. The van der Waals surface area contributed by atoms with Gasteiger partial charge in [0.1, 0.15) is 0 Å². The minimum Gasteiger partial charge on any atom is -0.504 e. The van der Waals surface area contributed by atoms with Gasteiger partial charge in [0.25, 0.3) is 0 Å². The predicted octanol–water partition coefficient (Wildman–Crippen LogP) is 4.59. The highest BCUT2D eigenvalue weighted by Crippen LogP contribution is 2.27. The molecular weight excluding hydrogens is 310 g/mol. The number of aryl methyl sites for hydroxylation is 1. The fraction of sp³-hybridized carbons (Fsp3) is 0.182. The fourth-order valence-corrected chi connectivity index (χ4v) is 2.90. The van der Waals surface area contributed by atoms with Crippen molar-refractivity contribution in [2.75, 3.05) is 7.11 Å². The molecule has 3 aromatic rings. The van der Waals surface area contributed by atoms with Crippen LogP contribution in [0.25, 0.3) is 0 Å². The smallest absolute Gasteiger partial charge is 0.160 e. The van der Waals surface area contributed by atoms with E-state index >= 15 is 0 Å². The van der Waals surface area contributed by atoms with Gasteiger partial charge >= 0.3 is 0 Å². The van der Waals surface area contributed by atoms with Crippen molar-refractivity contribution in [1.29, 1.82) is 0 Å². The molecule has 0 spiro atoms. The maximum atomic E-state index is 9.97. The SMILES string of the molecule is COc1ccc(CN[C@H](c2ccccc2)c2ccc(C)cc2)cc1O. The van der Waals surface area contributed by atoms with Crippen LogP contribution in [0.5, 0.6) is 11.5 Å². The average molecular weight is 333 g/mol. The minimum atomic E-state index is 0.0889. The first-order chi connectivity index (χ1) is 12.2. The largest absolute Gasteiger partial charge is 0.504 e. The van der Waals surface area contributed by atoms with E-state index in [1.165, 1.54) is 16.7 Å². The lowest BCUT2D eigenvalue weighted by Crippen LogP contribution is -2.22. The van der Waals surface area contributed by atoms with Crippen LogP contribution in [0.4, 0.5) is 0 Å². The van der Waals surface area contributed by atoms with Crippen molar-refractivity contribution in [2.24, 2.45) is 0 Å². The minimum absolute atomic E-state index is 0.0889. The zero-order chi connectivity index (χ0) is 17.6. The molecule has 0 saturated carbocycles. The molecule has 25 heavy (non-hydrogen) atoms. The molecule has 0 bridgehead atoms. The molecule has 3 heteroatoms. The summed E-state index contributed by atoms with van der Waals surface area (Å²) in [6.07, 6.45) is 0. The Labute approximate surface area is 148 Å². The number of phenolic OH excluding ortho intramolecular Hbond substituents is 1. The van der Waals surface area contributed by atoms with Gasteiger partial charge in [0, 0.05) is 6.54 Å². The maximum absolute atomic E-state index is 9.97. The molecule has 0 aliphatic rings. The summed E-state index contributed by atoms with van der Waals surface area (Å²) in [5, 5.41) is 13.6. The van der Waals surface area contributed by atoms with E-state index in [1.54, 1.807) is 19.2 Å². The van der Waals surface area contributed by atoms with Crippen LogP contribution in [0.1, 0.15) is 28.3 Å². The molecule has 0 saturated heterocycles. The number of nitrogens with one attached hydrogen (secondary N) is 1. The molecule has 0 aliphatic heterocycles. The van der Waals surface area contributed by atoms with E-state index in [-0.39, 0.29) is 11.8 Å². The summed E-state index contributed by atoms with van der Waals surface area (Å²) >= 11 is 0. The van der Waals surface area contributed by atoms with Gasteiger partial charge in [0.2, 0.25) is 0 Å². The lowest BCUT2D eigenvalue weighted by molar-refractivity contribution is 0.373. The number of methoxy groups -OCH3 is 1. The van der Waals surface area contributed by atoms with Crippen molar-refractivity contribution in [2.45, 2.75) is 19.5 Å².